The zero-order valence-corrected chi connectivity index (χ0v) is 10.2. The zero-order chi connectivity index (χ0) is 12.1. The third kappa shape index (κ3) is 3.48. The lowest BCUT2D eigenvalue weighted by Crippen LogP contribution is -2.38. The third-order valence-corrected chi connectivity index (χ3v) is 2.82. The second-order valence-corrected chi connectivity index (χ2v) is 4.32. The molecule has 0 spiro atoms. The summed E-state index contributed by atoms with van der Waals surface area (Å²) in [6.07, 6.45) is 1.08. The summed E-state index contributed by atoms with van der Waals surface area (Å²) < 4.78 is 4.67. The molecular formula is C11H20N2O3. The molecule has 1 saturated heterocycles. The molecule has 5 heteroatoms. The summed E-state index contributed by atoms with van der Waals surface area (Å²) in [7, 11) is 3.71. The van der Waals surface area contributed by atoms with Crippen molar-refractivity contribution in [2.24, 2.45) is 5.92 Å². The number of rotatable bonds is 3. The summed E-state index contributed by atoms with van der Waals surface area (Å²) >= 11 is 0. The Hall–Kier alpha value is -1.10. The molecule has 0 radical (unpaired) electrons. The minimum atomic E-state index is -0.753. The van der Waals surface area contributed by atoms with Crippen LogP contribution in [-0.2, 0) is 14.3 Å². The topological polar surface area (TPSA) is 49.9 Å². The second-order valence-electron chi connectivity index (χ2n) is 4.32. The van der Waals surface area contributed by atoms with Crippen LogP contribution < -0.4 is 0 Å². The molecule has 0 bridgehead atoms. The number of nitrogens with zero attached hydrogens (tertiary/aromatic N) is 2. The molecule has 1 atom stereocenters. The van der Waals surface area contributed by atoms with E-state index in [1.165, 1.54) is 4.90 Å². The highest BCUT2D eigenvalue weighted by atomic mass is 16.5. The Kier molecular flexibility index (Phi) is 4.73. The molecular weight excluding hydrogens is 208 g/mol. The quantitative estimate of drug-likeness (QED) is 0.502. The molecule has 0 aromatic carbocycles. The van der Waals surface area contributed by atoms with Gasteiger partial charge in [0.15, 0.2) is 0 Å². The fourth-order valence-corrected chi connectivity index (χ4v) is 1.99. The predicted molar refractivity (Wildman–Crippen MR) is 59.9 cm³/mol. The molecule has 1 fully saturated rings. The van der Waals surface area contributed by atoms with Crippen LogP contribution in [0.4, 0.5) is 0 Å². The van der Waals surface area contributed by atoms with Gasteiger partial charge in [0.2, 0.25) is 0 Å². The van der Waals surface area contributed by atoms with Crippen LogP contribution in [-0.4, -0.2) is 62.0 Å². The smallest absolute Gasteiger partial charge is 0.396 e. The molecule has 1 heterocycles. The highest BCUT2D eigenvalue weighted by molar-refractivity contribution is 6.32. The molecule has 0 aromatic heterocycles. The minimum Gasteiger partial charge on any atom is -0.459 e. The van der Waals surface area contributed by atoms with Crippen molar-refractivity contribution in [1.82, 2.24) is 9.80 Å². The third-order valence-electron chi connectivity index (χ3n) is 2.82. The van der Waals surface area contributed by atoms with Gasteiger partial charge in [-0.3, -0.25) is 4.79 Å². The van der Waals surface area contributed by atoms with Gasteiger partial charge in [-0.1, -0.05) is 0 Å². The SMILES string of the molecule is CCOC(=O)C(=O)N(C)CC1CCN(C)C1. The van der Waals surface area contributed by atoms with Crippen LogP contribution in [0.3, 0.4) is 0 Å². The summed E-state index contributed by atoms with van der Waals surface area (Å²) in [5, 5.41) is 0. The lowest BCUT2D eigenvalue weighted by molar-refractivity contribution is -0.159. The molecule has 0 saturated carbocycles. The average Bonchev–Trinajstić information content (AvgIpc) is 2.63. The van der Waals surface area contributed by atoms with E-state index in [9.17, 15) is 9.59 Å². The van der Waals surface area contributed by atoms with Crippen LogP contribution in [0.5, 0.6) is 0 Å². The molecule has 1 unspecified atom stereocenters. The van der Waals surface area contributed by atoms with E-state index in [1.54, 1.807) is 14.0 Å². The Labute approximate surface area is 96.3 Å². The number of hydrogen-bond donors (Lipinski definition) is 0. The van der Waals surface area contributed by atoms with E-state index in [1.807, 2.05) is 0 Å². The van der Waals surface area contributed by atoms with E-state index in [0.717, 1.165) is 19.5 Å². The van der Waals surface area contributed by atoms with Crippen molar-refractivity contribution in [2.45, 2.75) is 13.3 Å². The van der Waals surface area contributed by atoms with Crippen molar-refractivity contribution in [3.63, 3.8) is 0 Å². The van der Waals surface area contributed by atoms with Gasteiger partial charge in [0.1, 0.15) is 0 Å². The Bertz CT molecular complexity index is 268. The Morgan fingerprint density at radius 1 is 1.50 bits per heavy atom. The van der Waals surface area contributed by atoms with Gasteiger partial charge < -0.3 is 14.5 Å². The molecule has 1 aliphatic rings. The Balaban J connectivity index is 2.36. The van der Waals surface area contributed by atoms with E-state index in [4.69, 9.17) is 0 Å². The second kappa shape index (κ2) is 5.84. The first-order chi connectivity index (χ1) is 7.54. The van der Waals surface area contributed by atoms with Crippen LogP contribution in [0.1, 0.15) is 13.3 Å². The summed E-state index contributed by atoms with van der Waals surface area (Å²) in [5.74, 6) is -0.832. The number of carbonyl (C=O) groups is 2. The van der Waals surface area contributed by atoms with E-state index < -0.39 is 11.9 Å². The normalized spacial score (nSPS) is 20.8. The summed E-state index contributed by atoms with van der Waals surface area (Å²) in [5.41, 5.74) is 0. The van der Waals surface area contributed by atoms with Crippen molar-refractivity contribution in [2.75, 3.05) is 40.3 Å². The molecule has 92 valence electrons. The van der Waals surface area contributed by atoms with Crippen molar-refractivity contribution in [3.05, 3.63) is 0 Å². The molecule has 1 aliphatic heterocycles. The lowest BCUT2D eigenvalue weighted by Gasteiger charge is -2.20. The maximum Gasteiger partial charge on any atom is 0.396 e. The largest absolute Gasteiger partial charge is 0.459 e. The van der Waals surface area contributed by atoms with Crippen molar-refractivity contribution < 1.29 is 14.3 Å². The predicted octanol–water partition coefficient (Wildman–Crippen LogP) is -0.0404. The first-order valence-corrected chi connectivity index (χ1v) is 5.65. The van der Waals surface area contributed by atoms with Gasteiger partial charge in [-0.15, -0.1) is 0 Å². The van der Waals surface area contributed by atoms with E-state index in [2.05, 4.69) is 16.7 Å². The summed E-state index contributed by atoms with van der Waals surface area (Å²) in [6.45, 7) is 4.61. The summed E-state index contributed by atoms with van der Waals surface area (Å²) in [4.78, 5) is 26.4. The number of amides is 1. The van der Waals surface area contributed by atoms with Gasteiger partial charge in [-0.25, -0.2) is 4.79 Å². The molecule has 0 N–H and O–H groups in total. The minimum absolute atomic E-state index is 0.241. The summed E-state index contributed by atoms with van der Waals surface area (Å²) in [6, 6.07) is 0. The fraction of sp³-hybridized carbons (Fsp3) is 0.818. The maximum absolute atomic E-state index is 11.5. The molecule has 0 aliphatic carbocycles. The van der Waals surface area contributed by atoms with Gasteiger partial charge >= 0.3 is 11.9 Å². The number of likely N-dealkylation sites (tertiary alicyclic amines) is 1. The van der Waals surface area contributed by atoms with Crippen LogP contribution in [0, 0.1) is 5.92 Å². The number of esters is 1. The number of carbonyl (C=O) groups excluding carboxylic acids is 2. The Morgan fingerprint density at radius 2 is 2.19 bits per heavy atom. The van der Waals surface area contributed by atoms with Crippen LogP contribution >= 0.6 is 0 Å². The van der Waals surface area contributed by atoms with Crippen LogP contribution in [0.25, 0.3) is 0 Å². The number of ether oxygens (including phenoxy) is 1. The van der Waals surface area contributed by atoms with Crippen LogP contribution in [0.2, 0.25) is 0 Å². The first kappa shape index (κ1) is 13.0. The first-order valence-electron chi connectivity index (χ1n) is 5.65. The highest BCUT2D eigenvalue weighted by Gasteiger charge is 2.25. The van der Waals surface area contributed by atoms with Gasteiger partial charge in [-0.2, -0.15) is 0 Å². The van der Waals surface area contributed by atoms with E-state index in [0.29, 0.717) is 12.5 Å². The molecule has 16 heavy (non-hydrogen) atoms. The number of likely N-dealkylation sites (N-methyl/N-ethyl adjacent to an activating group) is 1. The van der Waals surface area contributed by atoms with E-state index >= 15 is 0 Å². The van der Waals surface area contributed by atoms with Gasteiger partial charge in [0.25, 0.3) is 0 Å². The molecule has 5 nitrogen and oxygen atoms in total. The molecule has 1 amide bonds. The fourth-order valence-electron chi connectivity index (χ4n) is 1.99. The average molecular weight is 228 g/mol. The van der Waals surface area contributed by atoms with Crippen molar-refractivity contribution in [3.8, 4) is 0 Å². The van der Waals surface area contributed by atoms with Gasteiger partial charge in [0.05, 0.1) is 6.61 Å². The van der Waals surface area contributed by atoms with E-state index in [-0.39, 0.29) is 6.61 Å². The Morgan fingerprint density at radius 3 is 2.69 bits per heavy atom. The number of hydrogen-bond acceptors (Lipinski definition) is 4. The zero-order valence-electron chi connectivity index (χ0n) is 10.2. The van der Waals surface area contributed by atoms with Crippen molar-refractivity contribution >= 4 is 11.9 Å². The molecule has 0 aromatic rings. The van der Waals surface area contributed by atoms with Gasteiger partial charge in [0, 0.05) is 20.1 Å². The van der Waals surface area contributed by atoms with Crippen molar-refractivity contribution in [1.29, 1.82) is 0 Å². The lowest BCUT2D eigenvalue weighted by atomic mass is 10.1. The monoisotopic (exact) mass is 228 g/mol. The highest BCUT2D eigenvalue weighted by Crippen LogP contribution is 2.15. The molecule has 1 rings (SSSR count). The maximum atomic E-state index is 11.5. The standard InChI is InChI=1S/C11H20N2O3/c1-4-16-11(15)10(14)13(3)8-9-5-6-12(2)7-9/h9H,4-8H2,1-3H3. The van der Waals surface area contributed by atoms with Crippen LogP contribution in [0.15, 0.2) is 0 Å². The van der Waals surface area contributed by atoms with Gasteiger partial charge in [-0.05, 0) is 32.9 Å².